The number of nitrogens with two attached hydrogens (primary N) is 1. The lowest BCUT2D eigenvalue weighted by atomic mass is 10.1. The third-order valence-electron chi connectivity index (χ3n) is 3.25. The molecule has 2 aromatic rings. The Hall–Kier alpha value is -2.05. The second-order valence-corrected chi connectivity index (χ2v) is 4.62. The highest BCUT2D eigenvalue weighted by Gasteiger charge is 2.17. The summed E-state index contributed by atoms with van der Waals surface area (Å²) in [5, 5.41) is 5.33. The molecule has 1 aromatic carbocycles. The van der Waals surface area contributed by atoms with Crippen molar-refractivity contribution in [2.24, 2.45) is 5.73 Å². The highest BCUT2D eigenvalue weighted by molar-refractivity contribution is 5.94. The van der Waals surface area contributed by atoms with Crippen molar-refractivity contribution >= 4 is 16.6 Å². The lowest BCUT2D eigenvalue weighted by molar-refractivity contribution is 0.174. The number of anilines is 1. The van der Waals surface area contributed by atoms with Gasteiger partial charge < -0.3 is 25.3 Å². The van der Waals surface area contributed by atoms with Crippen LogP contribution in [0, 0.1) is 0 Å². The molecule has 0 amide bonds. The molecular weight excluding hydrogens is 258 g/mol. The molecule has 106 valence electrons. The van der Waals surface area contributed by atoms with Crippen molar-refractivity contribution in [3.63, 3.8) is 0 Å². The second-order valence-electron chi connectivity index (χ2n) is 4.62. The van der Waals surface area contributed by atoms with E-state index in [0.29, 0.717) is 13.2 Å². The summed E-state index contributed by atoms with van der Waals surface area (Å²) in [6.45, 7) is 1.26. The van der Waals surface area contributed by atoms with Crippen LogP contribution in [-0.4, -0.2) is 38.1 Å². The third-order valence-corrected chi connectivity index (χ3v) is 3.25. The Balaban J connectivity index is 1.98. The van der Waals surface area contributed by atoms with Crippen LogP contribution in [0.3, 0.4) is 0 Å². The highest BCUT2D eigenvalue weighted by Crippen LogP contribution is 2.37. The molecule has 3 rings (SSSR count). The van der Waals surface area contributed by atoms with Gasteiger partial charge in [-0.2, -0.15) is 0 Å². The van der Waals surface area contributed by atoms with Gasteiger partial charge in [0.2, 0.25) is 6.79 Å². The van der Waals surface area contributed by atoms with Crippen LogP contribution >= 0.6 is 0 Å². The normalized spacial score (nSPS) is 14.5. The minimum atomic E-state index is 0.0172. The molecule has 1 unspecified atom stereocenters. The number of nitrogens with one attached hydrogen (secondary N) is 1. The monoisotopic (exact) mass is 275 g/mol. The summed E-state index contributed by atoms with van der Waals surface area (Å²) in [6.07, 6.45) is 1.76. The molecule has 1 aliphatic heterocycles. The number of benzene rings is 1. The molecule has 0 fully saturated rings. The first-order chi connectivity index (χ1) is 9.81. The van der Waals surface area contributed by atoms with Crippen LogP contribution in [0.15, 0.2) is 24.4 Å². The summed E-state index contributed by atoms with van der Waals surface area (Å²) < 4.78 is 15.9. The van der Waals surface area contributed by atoms with Crippen molar-refractivity contribution in [3.8, 4) is 11.5 Å². The fourth-order valence-electron chi connectivity index (χ4n) is 2.24. The van der Waals surface area contributed by atoms with Gasteiger partial charge in [0.05, 0.1) is 12.6 Å². The van der Waals surface area contributed by atoms with Crippen molar-refractivity contribution in [2.75, 3.05) is 32.4 Å². The highest BCUT2D eigenvalue weighted by atomic mass is 16.7. The molecule has 2 heterocycles. The van der Waals surface area contributed by atoms with Gasteiger partial charge in [-0.25, -0.2) is 4.98 Å². The minimum absolute atomic E-state index is 0.0172. The zero-order chi connectivity index (χ0) is 13.9. The zero-order valence-electron chi connectivity index (χ0n) is 11.3. The minimum Gasteiger partial charge on any atom is -0.454 e. The van der Waals surface area contributed by atoms with E-state index in [0.717, 1.165) is 28.1 Å². The number of rotatable bonds is 5. The fourth-order valence-corrected chi connectivity index (χ4v) is 2.24. The number of fused-ring (bicyclic) bond motifs is 2. The summed E-state index contributed by atoms with van der Waals surface area (Å²) in [6, 6.07) is 5.85. The Bertz CT molecular complexity index is 618. The third kappa shape index (κ3) is 2.35. The Labute approximate surface area is 116 Å². The van der Waals surface area contributed by atoms with E-state index < -0.39 is 0 Å². The number of hydrogen-bond acceptors (Lipinski definition) is 6. The summed E-state index contributed by atoms with van der Waals surface area (Å²) in [5.74, 6) is 2.28. The SMILES string of the molecule is COCC(CN)Nc1nccc2cc3c(cc12)OCO3. The quantitative estimate of drug-likeness (QED) is 0.857. The molecule has 6 heteroatoms. The molecule has 0 radical (unpaired) electrons. The first-order valence-corrected chi connectivity index (χ1v) is 6.45. The van der Waals surface area contributed by atoms with Gasteiger partial charge >= 0.3 is 0 Å². The lowest BCUT2D eigenvalue weighted by Gasteiger charge is -2.17. The average Bonchev–Trinajstić information content (AvgIpc) is 2.92. The van der Waals surface area contributed by atoms with Gasteiger partial charge in [0.25, 0.3) is 0 Å². The summed E-state index contributed by atoms with van der Waals surface area (Å²) >= 11 is 0. The summed E-state index contributed by atoms with van der Waals surface area (Å²) in [5.41, 5.74) is 5.73. The number of pyridine rings is 1. The van der Waals surface area contributed by atoms with Crippen molar-refractivity contribution in [2.45, 2.75) is 6.04 Å². The van der Waals surface area contributed by atoms with E-state index >= 15 is 0 Å². The van der Waals surface area contributed by atoms with Gasteiger partial charge in [0.15, 0.2) is 11.5 Å². The van der Waals surface area contributed by atoms with Crippen molar-refractivity contribution in [1.82, 2.24) is 4.98 Å². The Morgan fingerprint density at radius 3 is 2.95 bits per heavy atom. The zero-order valence-corrected chi connectivity index (χ0v) is 11.3. The lowest BCUT2D eigenvalue weighted by Crippen LogP contribution is -2.33. The number of hydrogen-bond donors (Lipinski definition) is 2. The number of methoxy groups -OCH3 is 1. The maximum atomic E-state index is 5.73. The molecule has 0 bridgehead atoms. The van der Waals surface area contributed by atoms with E-state index in [1.165, 1.54) is 0 Å². The van der Waals surface area contributed by atoms with Gasteiger partial charge in [-0.05, 0) is 23.6 Å². The van der Waals surface area contributed by atoms with Crippen LogP contribution in [0.5, 0.6) is 11.5 Å². The molecular formula is C14H17N3O3. The maximum absolute atomic E-state index is 5.73. The molecule has 0 saturated heterocycles. The van der Waals surface area contributed by atoms with Crippen molar-refractivity contribution < 1.29 is 14.2 Å². The van der Waals surface area contributed by atoms with Crippen LogP contribution in [0.4, 0.5) is 5.82 Å². The predicted octanol–water partition coefficient (Wildman–Crippen LogP) is 1.35. The Kier molecular flexibility index (Phi) is 3.58. The first-order valence-electron chi connectivity index (χ1n) is 6.45. The van der Waals surface area contributed by atoms with Crippen molar-refractivity contribution in [3.05, 3.63) is 24.4 Å². The van der Waals surface area contributed by atoms with E-state index in [1.54, 1.807) is 13.3 Å². The van der Waals surface area contributed by atoms with Crippen LogP contribution in [0.1, 0.15) is 0 Å². The average molecular weight is 275 g/mol. The number of aromatic nitrogens is 1. The molecule has 0 saturated carbocycles. The van der Waals surface area contributed by atoms with Crippen LogP contribution in [0.25, 0.3) is 10.8 Å². The van der Waals surface area contributed by atoms with E-state index in [9.17, 15) is 0 Å². The van der Waals surface area contributed by atoms with E-state index in [4.69, 9.17) is 19.9 Å². The van der Waals surface area contributed by atoms with Gasteiger partial charge in [0.1, 0.15) is 5.82 Å². The Morgan fingerprint density at radius 1 is 1.40 bits per heavy atom. The van der Waals surface area contributed by atoms with Crippen LogP contribution < -0.4 is 20.5 Å². The fraction of sp³-hybridized carbons (Fsp3) is 0.357. The van der Waals surface area contributed by atoms with Gasteiger partial charge in [-0.3, -0.25) is 0 Å². The molecule has 0 spiro atoms. The number of nitrogens with zero attached hydrogens (tertiary/aromatic N) is 1. The number of ether oxygens (including phenoxy) is 3. The van der Waals surface area contributed by atoms with Gasteiger partial charge in [-0.1, -0.05) is 0 Å². The van der Waals surface area contributed by atoms with Crippen LogP contribution in [0.2, 0.25) is 0 Å². The predicted molar refractivity (Wildman–Crippen MR) is 76.2 cm³/mol. The van der Waals surface area contributed by atoms with Crippen molar-refractivity contribution in [1.29, 1.82) is 0 Å². The molecule has 1 atom stereocenters. The molecule has 1 aliphatic rings. The molecule has 20 heavy (non-hydrogen) atoms. The summed E-state index contributed by atoms with van der Waals surface area (Å²) in [4.78, 5) is 4.38. The topological polar surface area (TPSA) is 78.6 Å². The van der Waals surface area contributed by atoms with Gasteiger partial charge in [0, 0.05) is 25.2 Å². The molecule has 3 N–H and O–H groups in total. The molecule has 0 aliphatic carbocycles. The first kappa shape index (κ1) is 13.0. The molecule has 1 aromatic heterocycles. The second kappa shape index (κ2) is 5.52. The molecule has 6 nitrogen and oxygen atoms in total. The maximum Gasteiger partial charge on any atom is 0.231 e. The largest absolute Gasteiger partial charge is 0.454 e. The van der Waals surface area contributed by atoms with E-state index in [2.05, 4.69) is 10.3 Å². The van der Waals surface area contributed by atoms with E-state index in [1.807, 2.05) is 18.2 Å². The standard InChI is InChI=1S/C14H17N3O3/c1-18-7-10(6-15)17-14-11-5-13-12(19-8-20-13)4-9(11)2-3-16-14/h2-5,10H,6-8,15H2,1H3,(H,16,17). The van der Waals surface area contributed by atoms with Crippen LogP contribution in [-0.2, 0) is 4.74 Å². The Morgan fingerprint density at radius 2 is 2.20 bits per heavy atom. The summed E-state index contributed by atoms with van der Waals surface area (Å²) in [7, 11) is 1.65. The van der Waals surface area contributed by atoms with E-state index in [-0.39, 0.29) is 12.8 Å². The smallest absolute Gasteiger partial charge is 0.231 e. The van der Waals surface area contributed by atoms with Gasteiger partial charge in [-0.15, -0.1) is 0 Å².